The first kappa shape index (κ1) is 10.3. The summed E-state index contributed by atoms with van der Waals surface area (Å²) in [6.07, 6.45) is 0.900. The molecule has 0 aliphatic rings. The molecule has 1 aromatic heterocycles. The maximum absolute atomic E-state index is 10.5. The number of rotatable bonds is 4. The summed E-state index contributed by atoms with van der Waals surface area (Å²) in [5, 5.41) is 2.02. The van der Waals surface area contributed by atoms with Gasteiger partial charge in [-0.05, 0) is 12.0 Å². The normalized spacial score (nSPS) is 10.5. The Hall–Kier alpha value is -0.830. The van der Waals surface area contributed by atoms with Gasteiger partial charge in [0.1, 0.15) is 0 Å². The van der Waals surface area contributed by atoms with Gasteiger partial charge in [-0.15, -0.1) is 11.3 Å². The lowest BCUT2D eigenvalue weighted by molar-refractivity contribution is 0.112. The Morgan fingerprint density at radius 2 is 2.31 bits per heavy atom. The van der Waals surface area contributed by atoms with Crippen LogP contribution >= 0.6 is 11.3 Å². The van der Waals surface area contributed by atoms with Gasteiger partial charge in [0.05, 0.1) is 4.88 Å². The molecule has 1 heterocycles. The fourth-order valence-corrected chi connectivity index (χ4v) is 2.01. The molecule has 0 radical (unpaired) electrons. The van der Waals surface area contributed by atoms with Crippen molar-refractivity contribution in [2.45, 2.75) is 13.8 Å². The summed E-state index contributed by atoms with van der Waals surface area (Å²) in [7, 11) is 2.05. The van der Waals surface area contributed by atoms with E-state index >= 15 is 0 Å². The molecule has 3 heteroatoms. The molecule has 0 aromatic carbocycles. The molecule has 13 heavy (non-hydrogen) atoms. The Balaban J connectivity index is 2.65. The fraction of sp³-hybridized carbons (Fsp3) is 0.500. The zero-order chi connectivity index (χ0) is 9.84. The van der Waals surface area contributed by atoms with E-state index in [1.807, 2.05) is 11.4 Å². The molecule has 72 valence electrons. The van der Waals surface area contributed by atoms with E-state index in [2.05, 4.69) is 25.8 Å². The van der Waals surface area contributed by atoms with Crippen LogP contribution in [0.5, 0.6) is 0 Å². The molecule has 0 bridgehead atoms. The van der Waals surface area contributed by atoms with Crippen LogP contribution in [-0.4, -0.2) is 19.9 Å². The molecular formula is C10H15NOS. The van der Waals surface area contributed by atoms with E-state index in [0.29, 0.717) is 5.92 Å². The Labute approximate surface area is 83.2 Å². The van der Waals surface area contributed by atoms with Crippen molar-refractivity contribution in [2.24, 2.45) is 5.92 Å². The van der Waals surface area contributed by atoms with Crippen LogP contribution in [0.15, 0.2) is 11.4 Å². The summed E-state index contributed by atoms with van der Waals surface area (Å²) in [5.74, 6) is 0.643. The molecule has 0 unspecified atom stereocenters. The molecular weight excluding hydrogens is 182 g/mol. The van der Waals surface area contributed by atoms with Gasteiger partial charge < -0.3 is 4.90 Å². The largest absolute Gasteiger partial charge is 0.374 e. The predicted octanol–water partition coefficient (Wildman–Crippen LogP) is 2.65. The average molecular weight is 197 g/mol. The first-order chi connectivity index (χ1) is 6.13. The van der Waals surface area contributed by atoms with E-state index in [0.717, 1.165) is 23.4 Å². The summed E-state index contributed by atoms with van der Waals surface area (Å²) >= 11 is 1.50. The third-order valence-electron chi connectivity index (χ3n) is 1.80. The van der Waals surface area contributed by atoms with Gasteiger partial charge in [0, 0.05) is 24.7 Å². The van der Waals surface area contributed by atoms with Gasteiger partial charge >= 0.3 is 0 Å². The number of carbonyl (C=O) groups excluding carboxylic acids is 1. The molecule has 0 spiro atoms. The zero-order valence-corrected chi connectivity index (χ0v) is 9.10. The van der Waals surface area contributed by atoms with Crippen molar-refractivity contribution in [2.75, 3.05) is 18.5 Å². The molecule has 0 aliphatic carbocycles. The van der Waals surface area contributed by atoms with Gasteiger partial charge in [0.2, 0.25) is 0 Å². The lowest BCUT2D eigenvalue weighted by Crippen LogP contribution is -2.21. The Morgan fingerprint density at radius 1 is 1.62 bits per heavy atom. The van der Waals surface area contributed by atoms with Gasteiger partial charge in [-0.1, -0.05) is 13.8 Å². The minimum atomic E-state index is 0.643. The molecule has 1 rings (SSSR count). The Bertz CT molecular complexity index is 280. The SMILES string of the molecule is CC(C)CN(C)c1csc(C=O)c1. The van der Waals surface area contributed by atoms with Crippen molar-refractivity contribution in [3.05, 3.63) is 16.3 Å². The highest BCUT2D eigenvalue weighted by Crippen LogP contribution is 2.21. The van der Waals surface area contributed by atoms with Crippen molar-refractivity contribution in [3.8, 4) is 0 Å². The van der Waals surface area contributed by atoms with Crippen molar-refractivity contribution < 1.29 is 4.79 Å². The van der Waals surface area contributed by atoms with Crippen molar-refractivity contribution >= 4 is 23.3 Å². The quantitative estimate of drug-likeness (QED) is 0.692. The maximum atomic E-state index is 10.5. The van der Waals surface area contributed by atoms with Gasteiger partial charge in [0.25, 0.3) is 0 Å². The molecule has 0 amide bonds. The van der Waals surface area contributed by atoms with Crippen LogP contribution in [0.1, 0.15) is 23.5 Å². The molecule has 0 aliphatic heterocycles. The van der Waals surface area contributed by atoms with Crippen LogP contribution in [0.4, 0.5) is 5.69 Å². The topological polar surface area (TPSA) is 20.3 Å². The lowest BCUT2D eigenvalue weighted by Gasteiger charge is -2.19. The first-order valence-electron chi connectivity index (χ1n) is 4.38. The third kappa shape index (κ3) is 2.84. The van der Waals surface area contributed by atoms with E-state index in [1.54, 1.807) is 0 Å². The van der Waals surface area contributed by atoms with Crippen LogP contribution in [0.3, 0.4) is 0 Å². The number of carbonyl (C=O) groups is 1. The number of hydrogen-bond acceptors (Lipinski definition) is 3. The maximum Gasteiger partial charge on any atom is 0.160 e. The van der Waals surface area contributed by atoms with Crippen LogP contribution in [0.2, 0.25) is 0 Å². The smallest absolute Gasteiger partial charge is 0.160 e. The van der Waals surface area contributed by atoms with Crippen LogP contribution in [0.25, 0.3) is 0 Å². The highest BCUT2D eigenvalue weighted by atomic mass is 32.1. The van der Waals surface area contributed by atoms with Crippen LogP contribution in [-0.2, 0) is 0 Å². The second kappa shape index (κ2) is 4.42. The number of anilines is 1. The van der Waals surface area contributed by atoms with E-state index in [4.69, 9.17) is 0 Å². The Kier molecular flexibility index (Phi) is 3.48. The molecule has 0 saturated carbocycles. The summed E-state index contributed by atoms with van der Waals surface area (Å²) < 4.78 is 0. The Morgan fingerprint density at radius 3 is 2.77 bits per heavy atom. The molecule has 2 nitrogen and oxygen atoms in total. The second-order valence-electron chi connectivity index (χ2n) is 3.60. The van der Waals surface area contributed by atoms with E-state index in [-0.39, 0.29) is 0 Å². The minimum Gasteiger partial charge on any atom is -0.374 e. The van der Waals surface area contributed by atoms with Crippen LogP contribution in [0, 0.1) is 5.92 Å². The summed E-state index contributed by atoms with van der Waals surface area (Å²) in [5.41, 5.74) is 1.14. The number of aldehydes is 1. The standard InChI is InChI=1S/C10H15NOS/c1-8(2)5-11(3)9-4-10(6-12)13-7-9/h4,6-8H,5H2,1-3H3. The molecule has 0 saturated heterocycles. The first-order valence-corrected chi connectivity index (χ1v) is 5.26. The molecule has 0 N–H and O–H groups in total. The highest BCUT2D eigenvalue weighted by Gasteiger charge is 2.05. The minimum absolute atomic E-state index is 0.643. The predicted molar refractivity (Wildman–Crippen MR) is 57.8 cm³/mol. The van der Waals surface area contributed by atoms with E-state index in [9.17, 15) is 4.79 Å². The third-order valence-corrected chi connectivity index (χ3v) is 2.65. The number of hydrogen-bond donors (Lipinski definition) is 0. The summed E-state index contributed by atoms with van der Waals surface area (Å²) in [4.78, 5) is 13.4. The van der Waals surface area contributed by atoms with Crippen LogP contribution < -0.4 is 4.90 Å². The fourth-order valence-electron chi connectivity index (χ4n) is 1.26. The number of thiophene rings is 1. The highest BCUT2D eigenvalue weighted by molar-refractivity contribution is 7.12. The monoisotopic (exact) mass is 197 g/mol. The molecule has 1 aromatic rings. The second-order valence-corrected chi connectivity index (χ2v) is 4.54. The van der Waals surface area contributed by atoms with Gasteiger partial charge in [-0.2, -0.15) is 0 Å². The lowest BCUT2D eigenvalue weighted by atomic mass is 10.2. The zero-order valence-electron chi connectivity index (χ0n) is 8.28. The number of nitrogens with zero attached hydrogens (tertiary/aromatic N) is 1. The van der Waals surface area contributed by atoms with Crippen molar-refractivity contribution in [1.82, 2.24) is 0 Å². The molecule has 0 atom stereocenters. The van der Waals surface area contributed by atoms with Gasteiger partial charge in [-0.3, -0.25) is 4.79 Å². The van der Waals surface area contributed by atoms with Crippen molar-refractivity contribution in [1.29, 1.82) is 0 Å². The van der Waals surface area contributed by atoms with E-state index in [1.165, 1.54) is 11.3 Å². The van der Waals surface area contributed by atoms with Gasteiger partial charge in [-0.25, -0.2) is 0 Å². The molecule has 0 fully saturated rings. The summed E-state index contributed by atoms with van der Waals surface area (Å²) in [6.45, 7) is 5.39. The summed E-state index contributed by atoms with van der Waals surface area (Å²) in [6, 6.07) is 1.93. The van der Waals surface area contributed by atoms with Gasteiger partial charge in [0.15, 0.2) is 6.29 Å². The van der Waals surface area contributed by atoms with Crippen molar-refractivity contribution in [3.63, 3.8) is 0 Å². The average Bonchev–Trinajstić information content (AvgIpc) is 2.50. The van der Waals surface area contributed by atoms with E-state index < -0.39 is 0 Å².